The number of nitrogens with zero attached hydrogens (tertiary/aromatic N) is 2. The smallest absolute Gasteiger partial charge is 0.338 e. The van der Waals surface area contributed by atoms with Crippen LogP contribution in [0.4, 0.5) is 4.39 Å². The molecule has 0 radical (unpaired) electrons. The van der Waals surface area contributed by atoms with Crippen molar-refractivity contribution >= 4 is 23.4 Å². The number of hydrogen-bond acceptors (Lipinski definition) is 7. The van der Waals surface area contributed by atoms with Gasteiger partial charge in [-0.3, -0.25) is 9.36 Å². The number of rotatable bonds is 6. The SMILES string of the molecule is CCOC(=O)C1=C(C)N=c2s/c(=C\c3ccc(F)cc3)c(=O)n2[C@@H]1c1cccc(OC)c1OC. The van der Waals surface area contributed by atoms with Gasteiger partial charge in [-0.15, -0.1) is 0 Å². The first-order valence-electron chi connectivity index (χ1n) is 10.6. The van der Waals surface area contributed by atoms with Gasteiger partial charge in [-0.1, -0.05) is 35.6 Å². The molecule has 1 aromatic heterocycles. The molecule has 34 heavy (non-hydrogen) atoms. The maximum Gasteiger partial charge on any atom is 0.338 e. The lowest BCUT2D eigenvalue weighted by Gasteiger charge is -2.26. The van der Waals surface area contributed by atoms with Gasteiger partial charge in [0.25, 0.3) is 5.56 Å². The highest BCUT2D eigenvalue weighted by molar-refractivity contribution is 7.07. The lowest BCUT2D eigenvalue weighted by molar-refractivity contribution is -0.139. The minimum atomic E-state index is -0.837. The number of aromatic nitrogens is 1. The fraction of sp³-hybridized carbons (Fsp3) is 0.240. The Labute approximate surface area is 199 Å². The molecule has 3 aromatic rings. The molecule has 4 rings (SSSR count). The van der Waals surface area contributed by atoms with Gasteiger partial charge >= 0.3 is 5.97 Å². The van der Waals surface area contributed by atoms with Gasteiger partial charge in [-0.05, 0) is 43.7 Å². The van der Waals surface area contributed by atoms with E-state index in [1.54, 1.807) is 50.3 Å². The fourth-order valence-electron chi connectivity index (χ4n) is 3.92. The van der Waals surface area contributed by atoms with Gasteiger partial charge in [0.05, 0.1) is 36.6 Å². The van der Waals surface area contributed by atoms with Crippen LogP contribution in [0.3, 0.4) is 0 Å². The Kier molecular flexibility index (Phi) is 6.65. The molecule has 1 atom stereocenters. The fourth-order valence-corrected chi connectivity index (χ4v) is 4.97. The molecule has 0 fully saturated rings. The molecule has 0 aliphatic carbocycles. The van der Waals surface area contributed by atoms with Crippen LogP contribution in [0.2, 0.25) is 0 Å². The number of ether oxygens (including phenoxy) is 3. The predicted octanol–water partition coefficient (Wildman–Crippen LogP) is 2.95. The summed E-state index contributed by atoms with van der Waals surface area (Å²) in [5.41, 5.74) is 1.59. The lowest BCUT2D eigenvalue weighted by Crippen LogP contribution is -2.40. The summed E-state index contributed by atoms with van der Waals surface area (Å²) in [7, 11) is 3.02. The van der Waals surface area contributed by atoms with Gasteiger partial charge in [0.1, 0.15) is 11.9 Å². The van der Waals surface area contributed by atoms with E-state index in [1.807, 2.05) is 0 Å². The average molecular weight is 483 g/mol. The summed E-state index contributed by atoms with van der Waals surface area (Å²) in [5, 5.41) is 0. The van der Waals surface area contributed by atoms with E-state index in [0.717, 1.165) is 0 Å². The quantitative estimate of drug-likeness (QED) is 0.505. The van der Waals surface area contributed by atoms with Crippen LogP contribution in [0, 0.1) is 5.82 Å². The number of fused-ring (bicyclic) bond motifs is 1. The summed E-state index contributed by atoms with van der Waals surface area (Å²) >= 11 is 1.19. The molecule has 2 aromatic carbocycles. The van der Waals surface area contributed by atoms with Gasteiger partial charge in [0.15, 0.2) is 16.3 Å². The standard InChI is InChI=1S/C25H23FN2O5S/c1-5-33-24(30)20-14(2)27-25-28(21(20)17-7-6-8-18(31-3)22(17)32-4)23(29)19(34-25)13-15-9-11-16(26)12-10-15/h6-13,21H,5H2,1-4H3/b19-13-/t21-/m1/s1. The zero-order valence-corrected chi connectivity index (χ0v) is 19.9. The van der Waals surface area contributed by atoms with Crippen LogP contribution in [0.1, 0.15) is 31.0 Å². The Hall–Kier alpha value is -3.72. The third-order valence-corrected chi connectivity index (χ3v) is 6.40. The van der Waals surface area contributed by atoms with Crippen molar-refractivity contribution in [2.75, 3.05) is 20.8 Å². The van der Waals surface area contributed by atoms with E-state index in [2.05, 4.69) is 4.99 Å². The molecule has 0 unspecified atom stereocenters. The molecular weight excluding hydrogens is 459 g/mol. The van der Waals surface area contributed by atoms with Gasteiger partial charge in [0.2, 0.25) is 0 Å². The van der Waals surface area contributed by atoms with E-state index < -0.39 is 12.0 Å². The third-order valence-electron chi connectivity index (χ3n) is 5.41. The van der Waals surface area contributed by atoms with Crippen molar-refractivity contribution in [3.8, 4) is 11.5 Å². The first kappa shape index (κ1) is 23.4. The summed E-state index contributed by atoms with van der Waals surface area (Å²) in [6.07, 6.45) is 1.67. The van der Waals surface area contributed by atoms with E-state index in [0.29, 0.717) is 37.7 Å². The number of hydrogen-bond donors (Lipinski definition) is 0. The van der Waals surface area contributed by atoms with Crippen molar-refractivity contribution in [2.24, 2.45) is 4.99 Å². The molecular formula is C25H23FN2O5S. The number of carbonyl (C=O) groups is 1. The molecule has 1 aliphatic rings. The predicted molar refractivity (Wildman–Crippen MR) is 126 cm³/mol. The number of esters is 1. The molecule has 0 N–H and O–H groups in total. The van der Waals surface area contributed by atoms with Gasteiger partial charge < -0.3 is 14.2 Å². The average Bonchev–Trinajstić information content (AvgIpc) is 3.13. The number of methoxy groups -OCH3 is 2. The number of para-hydroxylation sites is 1. The normalized spacial score (nSPS) is 15.6. The van der Waals surface area contributed by atoms with Crippen LogP contribution in [0.15, 0.2) is 63.5 Å². The van der Waals surface area contributed by atoms with Crippen molar-refractivity contribution in [2.45, 2.75) is 19.9 Å². The second kappa shape index (κ2) is 9.64. The summed E-state index contributed by atoms with van der Waals surface area (Å²) in [4.78, 5) is 31.6. The minimum absolute atomic E-state index is 0.173. The first-order valence-corrected chi connectivity index (χ1v) is 11.4. The number of benzene rings is 2. The first-order chi connectivity index (χ1) is 16.4. The Morgan fingerprint density at radius 1 is 1.18 bits per heavy atom. The van der Waals surface area contributed by atoms with E-state index >= 15 is 0 Å². The van der Waals surface area contributed by atoms with Gasteiger partial charge in [-0.2, -0.15) is 0 Å². The largest absolute Gasteiger partial charge is 0.493 e. The van der Waals surface area contributed by atoms with Gasteiger partial charge in [0, 0.05) is 5.56 Å². The van der Waals surface area contributed by atoms with Crippen LogP contribution in [0.25, 0.3) is 6.08 Å². The van der Waals surface area contributed by atoms with Crippen LogP contribution in [-0.2, 0) is 9.53 Å². The third kappa shape index (κ3) is 4.14. The molecule has 2 heterocycles. The van der Waals surface area contributed by atoms with Crippen molar-refractivity contribution in [1.29, 1.82) is 0 Å². The van der Waals surface area contributed by atoms with Crippen molar-refractivity contribution in [3.63, 3.8) is 0 Å². The number of allylic oxidation sites excluding steroid dienone is 1. The molecule has 0 amide bonds. The molecule has 0 spiro atoms. The zero-order valence-electron chi connectivity index (χ0n) is 19.1. The van der Waals surface area contributed by atoms with E-state index in [-0.39, 0.29) is 23.6 Å². The second-order valence-electron chi connectivity index (χ2n) is 7.44. The molecule has 7 nitrogen and oxygen atoms in total. The molecule has 0 saturated carbocycles. The summed E-state index contributed by atoms with van der Waals surface area (Å²) < 4.78 is 31.6. The Bertz CT molecular complexity index is 1450. The summed E-state index contributed by atoms with van der Waals surface area (Å²) in [6.45, 7) is 3.60. The molecule has 176 valence electrons. The molecule has 9 heteroatoms. The minimum Gasteiger partial charge on any atom is -0.493 e. The number of halogens is 1. The van der Waals surface area contributed by atoms with Gasteiger partial charge in [-0.25, -0.2) is 14.2 Å². The molecule has 0 bridgehead atoms. The summed E-state index contributed by atoms with van der Waals surface area (Å²) in [6, 6.07) is 10.3. The highest BCUT2D eigenvalue weighted by atomic mass is 32.1. The number of carbonyl (C=O) groups excluding carboxylic acids is 1. The maximum atomic E-state index is 13.6. The van der Waals surface area contributed by atoms with Crippen molar-refractivity contribution in [3.05, 3.63) is 90.4 Å². The van der Waals surface area contributed by atoms with Crippen LogP contribution >= 0.6 is 11.3 Å². The van der Waals surface area contributed by atoms with Crippen LogP contribution < -0.4 is 24.4 Å². The van der Waals surface area contributed by atoms with Crippen LogP contribution in [-0.4, -0.2) is 31.4 Å². The lowest BCUT2D eigenvalue weighted by atomic mass is 9.94. The van der Waals surface area contributed by atoms with Crippen molar-refractivity contribution < 1.29 is 23.4 Å². The van der Waals surface area contributed by atoms with E-state index in [1.165, 1.54) is 42.3 Å². The second-order valence-corrected chi connectivity index (χ2v) is 8.45. The van der Waals surface area contributed by atoms with E-state index in [4.69, 9.17) is 14.2 Å². The Balaban J connectivity index is 2.01. The Morgan fingerprint density at radius 3 is 2.56 bits per heavy atom. The van der Waals surface area contributed by atoms with E-state index in [9.17, 15) is 14.0 Å². The molecule has 1 aliphatic heterocycles. The monoisotopic (exact) mass is 482 g/mol. The highest BCUT2D eigenvalue weighted by Crippen LogP contribution is 2.40. The topological polar surface area (TPSA) is 79.1 Å². The summed E-state index contributed by atoms with van der Waals surface area (Å²) in [5.74, 6) is -0.0595. The van der Waals surface area contributed by atoms with Crippen LogP contribution in [0.5, 0.6) is 11.5 Å². The molecule has 0 saturated heterocycles. The van der Waals surface area contributed by atoms with Crippen molar-refractivity contribution in [1.82, 2.24) is 4.57 Å². The number of thiazole rings is 1. The maximum absolute atomic E-state index is 13.6. The zero-order chi connectivity index (χ0) is 24.4. The Morgan fingerprint density at radius 2 is 1.91 bits per heavy atom. The highest BCUT2D eigenvalue weighted by Gasteiger charge is 2.35.